The number of amides is 1. The van der Waals surface area contributed by atoms with Crippen molar-refractivity contribution in [2.45, 2.75) is 6.92 Å². The number of hydrogen-bond donors (Lipinski definition) is 0. The van der Waals surface area contributed by atoms with Gasteiger partial charge >= 0.3 is 0 Å². The second kappa shape index (κ2) is 8.75. The molecule has 0 N–H and O–H groups in total. The Kier molecular flexibility index (Phi) is 5.82. The third-order valence-corrected chi connectivity index (χ3v) is 7.99. The fourth-order valence-corrected chi connectivity index (χ4v) is 6.10. The van der Waals surface area contributed by atoms with Crippen LogP contribution in [0.5, 0.6) is 0 Å². The van der Waals surface area contributed by atoms with Gasteiger partial charge in [-0.05, 0) is 36.8 Å². The molecule has 1 amide bonds. The van der Waals surface area contributed by atoms with Crippen molar-refractivity contribution in [2.75, 3.05) is 5.01 Å². The highest BCUT2D eigenvalue weighted by atomic mass is 79.9. The summed E-state index contributed by atoms with van der Waals surface area (Å²) < 4.78 is 2.87. The van der Waals surface area contributed by atoms with Gasteiger partial charge in [0.25, 0.3) is 5.91 Å². The topological polar surface area (TPSA) is 45.6 Å². The monoisotopic (exact) mass is 539 g/mol. The number of benzene rings is 3. The molecular formula is C24H15BrClN3OS2. The van der Waals surface area contributed by atoms with Crippen molar-refractivity contribution < 1.29 is 4.79 Å². The van der Waals surface area contributed by atoms with E-state index in [0.29, 0.717) is 15.0 Å². The molecule has 8 heteroatoms. The first-order valence-electron chi connectivity index (χ1n) is 9.68. The highest BCUT2D eigenvalue weighted by Crippen LogP contribution is 2.38. The predicted octanol–water partition coefficient (Wildman–Crippen LogP) is 7.92. The van der Waals surface area contributed by atoms with Gasteiger partial charge in [0.2, 0.25) is 5.13 Å². The molecular weight excluding hydrogens is 526 g/mol. The van der Waals surface area contributed by atoms with Crippen LogP contribution in [0.4, 0.5) is 5.13 Å². The Labute approximate surface area is 205 Å². The molecule has 0 saturated carbocycles. The lowest BCUT2D eigenvalue weighted by Crippen LogP contribution is -2.25. The molecule has 0 aliphatic carbocycles. The summed E-state index contributed by atoms with van der Waals surface area (Å²) in [6.07, 6.45) is 1.67. The molecule has 2 aromatic heterocycles. The third kappa shape index (κ3) is 4.09. The molecule has 0 spiro atoms. The Hall–Kier alpha value is -2.58. The van der Waals surface area contributed by atoms with Crippen molar-refractivity contribution in [2.24, 2.45) is 5.10 Å². The highest BCUT2D eigenvalue weighted by Gasteiger charge is 2.26. The number of rotatable bonds is 4. The van der Waals surface area contributed by atoms with Gasteiger partial charge in [-0.25, -0.2) is 4.98 Å². The first-order chi connectivity index (χ1) is 15.5. The summed E-state index contributed by atoms with van der Waals surface area (Å²) in [5.41, 5.74) is 2.85. The van der Waals surface area contributed by atoms with E-state index in [2.05, 4.69) is 26.0 Å². The van der Waals surface area contributed by atoms with Crippen molar-refractivity contribution in [1.29, 1.82) is 0 Å². The Bertz CT molecular complexity index is 1490. The minimum absolute atomic E-state index is 0.308. The molecule has 0 unspecified atom stereocenters. The number of carbonyl (C=O) groups excluding carboxylic acids is 1. The van der Waals surface area contributed by atoms with E-state index < -0.39 is 0 Å². The van der Waals surface area contributed by atoms with Crippen LogP contribution in [0.3, 0.4) is 0 Å². The van der Waals surface area contributed by atoms with E-state index in [1.807, 2.05) is 73.7 Å². The van der Waals surface area contributed by atoms with E-state index in [1.165, 1.54) is 27.7 Å². The average Bonchev–Trinajstić information content (AvgIpc) is 3.36. The molecule has 0 aliphatic rings. The van der Waals surface area contributed by atoms with Gasteiger partial charge in [0.15, 0.2) is 0 Å². The van der Waals surface area contributed by atoms with Gasteiger partial charge in [0.1, 0.15) is 4.88 Å². The number of anilines is 1. The third-order valence-electron chi connectivity index (χ3n) is 4.84. The van der Waals surface area contributed by atoms with Crippen LogP contribution in [0.15, 0.2) is 76.3 Å². The van der Waals surface area contributed by atoms with Gasteiger partial charge in [0, 0.05) is 14.6 Å². The van der Waals surface area contributed by atoms with E-state index in [-0.39, 0.29) is 5.91 Å². The quantitative estimate of drug-likeness (QED) is 0.172. The van der Waals surface area contributed by atoms with Crippen LogP contribution < -0.4 is 5.01 Å². The molecule has 4 nitrogen and oxygen atoms in total. The summed E-state index contributed by atoms with van der Waals surface area (Å²) in [6.45, 7) is 2.03. The molecule has 5 aromatic rings. The maximum Gasteiger partial charge on any atom is 0.292 e. The minimum Gasteiger partial charge on any atom is -0.266 e. The van der Waals surface area contributed by atoms with Crippen molar-refractivity contribution in [3.8, 4) is 0 Å². The second-order valence-electron chi connectivity index (χ2n) is 7.12. The van der Waals surface area contributed by atoms with Crippen molar-refractivity contribution in [3.05, 3.63) is 92.2 Å². The summed E-state index contributed by atoms with van der Waals surface area (Å²) in [5, 5.41) is 7.67. The zero-order valence-corrected chi connectivity index (χ0v) is 20.7. The predicted molar refractivity (Wildman–Crippen MR) is 140 cm³/mol. The Morgan fingerprint density at radius 3 is 2.62 bits per heavy atom. The molecule has 0 saturated heterocycles. The smallest absolute Gasteiger partial charge is 0.266 e. The number of aromatic nitrogens is 1. The molecule has 3 aromatic carbocycles. The first-order valence-corrected chi connectivity index (χ1v) is 12.5. The number of thiophene rings is 1. The van der Waals surface area contributed by atoms with Crippen molar-refractivity contribution in [3.63, 3.8) is 0 Å². The number of carbonyl (C=O) groups is 1. The van der Waals surface area contributed by atoms with Crippen LogP contribution in [0.1, 0.15) is 20.8 Å². The van der Waals surface area contributed by atoms with E-state index in [1.54, 1.807) is 6.21 Å². The number of hydrazone groups is 1. The van der Waals surface area contributed by atoms with E-state index in [4.69, 9.17) is 11.6 Å². The average molecular weight is 541 g/mol. The zero-order valence-electron chi connectivity index (χ0n) is 16.8. The van der Waals surface area contributed by atoms with Crippen LogP contribution in [0.25, 0.3) is 20.3 Å². The SMILES string of the molecule is Cc1ccc(/C=N/N(C(=O)c2sc3ccccc3c2Cl)c2nc3ccc(Br)cc3s2)cc1. The number of thiazole rings is 1. The summed E-state index contributed by atoms with van der Waals surface area (Å²) in [4.78, 5) is 18.8. The normalized spacial score (nSPS) is 11.6. The van der Waals surface area contributed by atoms with Gasteiger partial charge in [0.05, 0.1) is 21.5 Å². The lowest BCUT2D eigenvalue weighted by atomic mass is 10.2. The number of fused-ring (bicyclic) bond motifs is 2. The van der Waals surface area contributed by atoms with E-state index in [0.717, 1.165) is 35.9 Å². The van der Waals surface area contributed by atoms with Gasteiger partial charge in [-0.1, -0.05) is 86.9 Å². The lowest BCUT2D eigenvalue weighted by molar-refractivity contribution is 0.0992. The molecule has 158 valence electrons. The van der Waals surface area contributed by atoms with Crippen LogP contribution >= 0.6 is 50.2 Å². The van der Waals surface area contributed by atoms with E-state index in [9.17, 15) is 4.79 Å². The number of halogens is 2. The Morgan fingerprint density at radius 1 is 1.06 bits per heavy atom. The summed E-state index contributed by atoms with van der Waals surface area (Å²) in [7, 11) is 0. The molecule has 0 aliphatic heterocycles. The van der Waals surface area contributed by atoms with Crippen LogP contribution in [0, 0.1) is 6.92 Å². The highest BCUT2D eigenvalue weighted by molar-refractivity contribution is 9.10. The lowest BCUT2D eigenvalue weighted by Gasteiger charge is -2.13. The van der Waals surface area contributed by atoms with Gasteiger partial charge in [-0.15, -0.1) is 11.3 Å². The van der Waals surface area contributed by atoms with Gasteiger partial charge < -0.3 is 0 Å². The van der Waals surface area contributed by atoms with Gasteiger partial charge in [-0.3, -0.25) is 4.79 Å². The van der Waals surface area contributed by atoms with Crippen molar-refractivity contribution >= 4 is 87.8 Å². The summed E-state index contributed by atoms with van der Waals surface area (Å²) in [5.74, 6) is -0.308. The van der Waals surface area contributed by atoms with Crippen molar-refractivity contribution in [1.82, 2.24) is 4.98 Å². The van der Waals surface area contributed by atoms with E-state index >= 15 is 0 Å². The molecule has 5 rings (SSSR count). The summed E-state index contributed by atoms with van der Waals surface area (Å²) >= 11 is 12.9. The standard InChI is InChI=1S/C24H15BrClN3OS2/c1-14-6-8-15(9-7-14)13-27-29(24-28-18-11-10-16(25)12-20(18)32-24)23(30)22-21(26)17-4-2-3-5-19(17)31-22/h2-13H,1H3/b27-13+. The molecule has 0 radical (unpaired) electrons. The molecule has 0 atom stereocenters. The fraction of sp³-hybridized carbons (Fsp3) is 0.0417. The second-order valence-corrected chi connectivity index (χ2v) is 10.5. The Balaban J connectivity index is 1.61. The largest absolute Gasteiger partial charge is 0.292 e. The van der Waals surface area contributed by atoms with Crippen LogP contribution in [-0.4, -0.2) is 17.1 Å². The fourth-order valence-electron chi connectivity index (χ4n) is 3.19. The molecule has 0 bridgehead atoms. The van der Waals surface area contributed by atoms with Gasteiger partial charge in [-0.2, -0.15) is 10.1 Å². The van der Waals surface area contributed by atoms with Crippen LogP contribution in [-0.2, 0) is 0 Å². The Morgan fingerprint density at radius 2 is 1.84 bits per heavy atom. The molecule has 0 fully saturated rings. The number of hydrogen-bond acceptors (Lipinski definition) is 5. The maximum atomic E-state index is 13.7. The first kappa shape index (κ1) is 21.3. The molecule has 32 heavy (non-hydrogen) atoms. The summed E-state index contributed by atoms with van der Waals surface area (Å²) in [6, 6.07) is 21.5. The minimum atomic E-state index is -0.308. The number of aryl methyl sites for hydroxylation is 1. The number of nitrogens with zero attached hydrogens (tertiary/aromatic N) is 3. The maximum absolute atomic E-state index is 13.7. The molecule has 2 heterocycles. The van der Waals surface area contributed by atoms with Crippen LogP contribution in [0.2, 0.25) is 5.02 Å². The zero-order chi connectivity index (χ0) is 22.2.